The van der Waals surface area contributed by atoms with Gasteiger partial charge in [0, 0.05) is 24.8 Å². The van der Waals surface area contributed by atoms with Gasteiger partial charge < -0.3 is 10.0 Å². The molecule has 1 aliphatic heterocycles. The SMILES string of the molecule is O=S(=O)(NC1CC1)c1ccc(N2CCCC(O)C2)cc1. The van der Waals surface area contributed by atoms with Crippen molar-refractivity contribution in [2.45, 2.75) is 42.7 Å². The first-order chi connectivity index (χ1) is 9.54. The van der Waals surface area contributed by atoms with Gasteiger partial charge in [0.15, 0.2) is 0 Å². The summed E-state index contributed by atoms with van der Waals surface area (Å²) in [4.78, 5) is 2.41. The Morgan fingerprint density at radius 1 is 1.15 bits per heavy atom. The molecule has 0 radical (unpaired) electrons. The zero-order chi connectivity index (χ0) is 14.2. The Balaban J connectivity index is 1.73. The molecule has 20 heavy (non-hydrogen) atoms. The van der Waals surface area contributed by atoms with Crippen molar-refractivity contribution in [3.8, 4) is 0 Å². The Bertz CT molecular complexity index is 567. The Hall–Kier alpha value is -1.11. The van der Waals surface area contributed by atoms with Crippen molar-refractivity contribution in [3.63, 3.8) is 0 Å². The van der Waals surface area contributed by atoms with E-state index in [0.29, 0.717) is 11.4 Å². The van der Waals surface area contributed by atoms with Crippen molar-refractivity contribution in [2.75, 3.05) is 18.0 Å². The largest absolute Gasteiger partial charge is 0.391 e. The van der Waals surface area contributed by atoms with E-state index in [1.165, 1.54) is 0 Å². The van der Waals surface area contributed by atoms with E-state index in [1.54, 1.807) is 12.1 Å². The van der Waals surface area contributed by atoms with E-state index < -0.39 is 10.0 Å². The predicted molar refractivity (Wildman–Crippen MR) is 77.2 cm³/mol. The Morgan fingerprint density at radius 3 is 2.45 bits per heavy atom. The van der Waals surface area contributed by atoms with Gasteiger partial charge in [-0.1, -0.05) is 0 Å². The maximum atomic E-state index is 12.1. The lowest BCUT2D eigenvalue weighted by atomic mass is 10.1. The zero-order valence-corrected chi connectivity index (χ0v) is 12.1. The number of β-amino-alcohol motifs (C(OH)–C–C–N with tert-alkyl or cyclic N) is 1. The number of aliphatic hydroxyl groups is 1. The van der Waals surface area contributed by atoms with Crippen LogP contribution in [0.3, 0.4) is 0 Å². The van der Waals surface area contributed by atoms with Crippen LogP contribution in [0.2, 0.25) is 0 Å². The molecule has 0 bridgehead atoms. The lowest BCUT2D eigenvalue weighted by Crippen LogP contribution is -2.38. The fourth-order valence-electron chi connectivity index (χ4n) is 2.51. The third-order valence-corrected chi connectivity index (χ3v) is 5.34. The first-order valence-corrected chi connectivity index (χ1v) is 8.58. The highest BCUT2D eigenvalue weighted by atomic mass is 32.2. The monoisotopic (exact) mass is 296 g/mol. The van der Waals surface area contributed by atoms with Crippen molar-refractivity contribution in [2.24, 2.45) is 0 Å². The number of hydrogen-bond acceptors (Lipinski definition) is 4. The highest BCUT2D eigenvalue weighted by molar-refractivity contribution is 7.89. The lowest BCUT2D eigenvalue weighted by Gasteiger charge is -2.32. The molecule has 0 spiro atoms. The molecule has 1 aliphatic carbocycles. The summed E-state index contributed by atoms with van der Waals surface area (Å²) in [5.74, 6) is 0. The average molecular weight is 296 g/mol. The second-order valence-electron chi connectivity index (χ2n) is 5.63. The molecule has 1 atom stereocenters. The summed E-state index contributed by atoms with van der Waals surface area (Å²) >= 11 is 0. The lowest BCUT2D eigenvalue weighted by molar-refractivity contribution is 0.154. The summed E-state index contributed by atoms with van der Waals surface area (Å²) < 4.78 is 26.8. The summed E-state index contributed by atoms with van der Waals surface area (Å²) in [5.41, 5.74) is 0.967. The second-order valence-corrected chi connectivity index (χ2v) is 7.35. The number of sulfonamides is 1. The van der Waals surface area contributed by atoms with Gasteiger partial charge in [-0.3, -0.25) is 0 Å². The first kappa shape index (κ1) is 13.9. The van der Waals surface area contributed by atoms with E-state index in [9.17, 15) is 13.5 Å². The van der Waals surface area contributed by atoms with E-state index in [2.05, 4.69) is 9.62 Å². The molecule has 5 nitrogen and oxygen atoms in total. The summed E-state index contributed by atoms with van der Waals surface area (Å²) in [5, 5.41) is 9.68. The molecule has 6 heteroatoms. The van der Waals surface area contributed by atoms with Crippen LogP contribution >= 0.6 is 0 Å². The molecule has 0 aromatic heterocycles. The van der Waals surface area contributed by atoms with Crippen molar-refractivity contribution in [1.29, 1.82) is 0 Å². The molecular formula is C14H20N2O3S. The molecule has 1 saturated heterocycles. The van der Waals surface area contributed by atoms with Crippen LogP contribution in [0.25, 0.3) is 0 Å². The van der Waals surface area contributed by atoms with E-state index in [1.807, 2.05) is 12.1 Å². The molecule has 110 valence electrons. The average Bonchev–Trinajstić information content (AvgIpc) is 3.22. The Kier molecular flexibility index (Phi) is 3.70. The van der Waals surface area contributed by atoms with Crippen molar-refractivity contribution in [1.82, 2.24) is 4.72 Å². The van der Waals surface area contributed by atoms with Crippen molar-refractivity contribution < 1.29 is 13.5 Å². The molecule has 2 aliphatic rings. The number of nitrogens with one attached hydrogen (secondary N) is 1. The van der Waals surface area contributed by atoms with Crippen molar-refractivity contribution >= 4 is 15.7 Å². The summed E-state index contributed by atoms with van der Waals surface area (Å²) in [6.07, 6.45) is 3.38. The number of hydrogen-bond donors (Lipinski definition) is 2. The van der Waals surface area contributed by atoms with Gasteiger partial charge in [-0.25, -0.2) is 13.1 Å². The molecule has 1 aromatic rings. The van der Waals surface area contributed by atoms with Gasteiger partial charge in [0.25, 0.3) is 0 Å². The first-order valence-electron chi connectivity index (χ1n) is 7.10. The molecule has 1 saturated carbocycles. The number of aliphatic hydroxyl groups excluding tert-OH is 1. The van der Waals surface area contributed by atoms with Gasteiger partial charge in [-0.05, 0) is 49.9 Å². The van der Waals surface area contributed by atoms with Crippen LogP contribution in [0.4, 0.5) is 5.69 Å². The van der Waals surface area contributed by atoms with E-state index in [4.69, 9.17) is 0 Å². The Labute approximate surface area is 119 Å². The third kappa shape index (κ3) is 3.13. The van der Waals surface area contributed by atoms with Crippen molar-refractivity contribution in [3.05, 3.63) is 24.3 Å². The van der Waals surface area contributed by atoms with Gasteiger partial charge in [-0.2, -0.15) is 0 Å². The smallest absolute Gasteiger partial charge is 0.240 e. The van der Waals surface area contributed by atoms with Gasteiger partial charge in [0.1, 0.15) is 0 Å². The Morgan fingerprint density at radius 2 is 1.85 bits per heavy atom. The van der Waals surface area contributed by atoms with Gasteiger partial charge >= 0.3 is 0 Å². The summed E-state index contributed by atoms with van der Waals surface area (Å²) in [7, 11) is -3.37. The maximum absolute atomic E-state index is 12.1. The topological polar surface area (TPSA) is 69.6 Å². The van der Waals surface area contributed by atoms with Gasteiger partial charge in [0.05, 0.1) is 11.0 Å². The quantitative estimate of drug-likeness (QED) is 0.872. The minimum absolute atomic E-state index is 0.122. The predicted octanol–water partition coefficient (Wildman–Crippen LogP) is 1.09. The highest BCUT2D eigenvalue weighted by Crippen LogP contribution is 2.24. The third-order valence-electron chi connectivity index (χ3n) is 3.81. The molecule has 3 rings (SSSR count). The van der Waals surface area contributed by atoms with Crippen LogP contribution in [0, 0.1) is 0 Å². The van der Waals surface area contributed by atoms with Crippen LogP contribution in [-0.4, -0.2) is 38.8 Å². The number of anilines is 1. The van der Waals surface area contributed by atoms with Crippen LogP contribution in [0.5, 0.6) is 0 Å². The molecule has 2 N–H and O–H groups in total. The van der Waals surface area contributed by atoms with Gasteiger partial charge in [-0.15, -0.1) is 0 Å². The second kappa shape index (κ2) is 5.35. The minimum Gasteiger partial charge on any atom is -0.391 e. The summed E-state index contributed by atoms with van der Waals surface area (Å²) in [6.45, 7) is 1.52. The minimum atomic E-state index is -3.37. The van der Waals surface area contributed by atoms with Gasteiger partial charge in [0.2, 0.25) is 10.0 Å². The molecular weight excluding hydrogens is 276 g/mol. The van der Waals surface area contributed by atoms with Crippen LogP contribution < -0.4 is 9.62 Å². The standard InChI is InChI=1S/C14H20N2O3S/c17-13-2-1-9-16(10-13)12-5-7-14(8-6-12)20(18,19)15-11-3-4-11/h5-8,11,13,15,17H,1-4,9-10H2. The normalized spacial score (nSPS) is 23.9. The number of benzene rings is 1. The highest BCUT2D eigenvalue weighted by Gasteiger charge is 2.28. The fraction of sp³-hybridized carbons (Fsp3) is 0.571. The number of piperidine rings is 1. The maximum Gasteiger partial charge on any atom is 0.240 e. The van der Waals surface area contributed by atoms with E-state index in [0.717, 1.165) is 37.9 Å². The van der Waals surface area contributed by atoms with Crippen LogP contribution in [0.15, 0.2) is 29.2 Å². The zero-order valence-electron chi connectivity index (χ0n) is 11.3. The van der Waals surface area contributed by atoms with E-state index in [-0.39, 0.29) is 12.1 Å². The molecule has 2 fully saturated rings. The fourth-order valence-corrected chi connectivity index (χ4v) is 3.82. The number of rotatable bonds is 4. The number of nitrogens with zero attached hydrogens (tertiary/aromatic N) is 1. The molecule has 1 heterocycles. The molecule has 1 unspecified atom stereocenters. The molecule has 0 amide bonds. The van der Waals surface area contributed by atoms with Crippen LogP contribution in [0.1, 0.15) is 25.7 Å². The van der Waals surface area contributed by atoms with Crippen LogP contribution in [-0.2, 0) is 10.0 Å². The van der Waals surface area contributed by atoms with E-state index >= 15 is 0 Å². The summed E-state index contributed by atoms with van der Waals surface area (Å²) in [6, 6.07) is 7.04. The molecule has 1 aromatic carbocycles.